The molecule has 3 atom stereocenters. The van der Waals surface area contributed by atoms with Crippen LogP contribution in [-0.4, -0.2) is 43.1 Å². The molecule has 4 aliphatic rings. The Hall–Kier alpha value is -2.21. The minimum absolute atomic E-state index is 0.0530. The van der Waals surface area contributed by atoms with Gasteiger partial charge in [-0.05, 0) is 75.8 Å². The van der Waals surface area contributed by atoms with E-state index in [1.54, 1.807) is 10.6 Å². The molecule has 2 aliphatic carbocycles. The number of nitrogens with zero attached hydrogens (tertiary/aromatic N) is 3. The first-order valence-corrected chi connectivity index (χ1v) is 11.1. The van der Waals surface area contributed by atoms with Gasteiger partial charge in [0.1, 0.15) is 0 Å². The molecule has 2 saturated heterocycles. The van der Waals surface area contributed by atoms with E-state index in [-0.39, 0.29) is 11.7 Å². The summed E-state index contributed by atoms with van der Waals surface area (Å²) in [5.41, 5.74) is 0.965. The SMILES string of the molecule is O=C(O)c1nc2ccccc2n(C2C[C@H]3CC[C@@H](C2)N3C23CCC(CC2)C3)c1=O. The Morgan fingerprint density at radius 2 is 1.72 bits per heavy atom. The maximum Gasteiger partial charge on any atom is 0.360 e. The fourth-order valence-electron chi connectivity index (χ4n) is 7.31. The zero-order valence-corrected chi connectivity index (χ0v) is 16.6. The number of benzene rings is 1. The molecule has 1 unspecified atom stereocenters. The fourth-order valence-corrected chi connectivity index (χ4v) is 7.31. The summed E-state index contributed by atoms with van der Waals surface area (Å²) < 4.78 is 1.76. The van der Waals surface area contributed by atoms with Crippen LogP contribution in [0, 0.1) is 5.92 Å². The summed E-state index contributed by atoms with van der Waals surface area (Å²) in [7, 11) is 0. The minimum Gasteiger partial charge on any atom is -0.476 e. The van der Waals surface area contributed by atoms with Crippen LogP contribution < -0.4 is 5.56 Å². The minimum atomic E-state index is -1.24. The summed E-state index contributed by atoms with van der Waals surface area (Å²) in [6.45, 7) is 0. The lowest BCUT2D eigenvalue weighted by atomic mass is 9.85. The third-order valence-corrected chi connectivity index (χ3v) is 8.32. The van der Waals surface area contributed by atoms with E-state index >= 15 is 0 Å². The molecule has 2 saturated carbocycles. The van der Waals surface area contributed by atoms with Crippen molar-refractivity contribution >= 4 is 17.0 Å². The van der Waals surface area contributed by atoms with E-state index in [1.807, 2.05) is 18.2 Å². The number of aromatic nitrogens is 2. The first kappa shape index (κ1) is 17.6. The molecule has 0 amide bonds. The first-order valence-electron chi connectivity index (χ1n) is 11.1. The van der Waals surface area contributed by atoms with E-state index in [9.17, 15) is 14.7 Å². The van der Waals surface area contributed by atoms with Crippen LogP contribution in [0.3, 0.4) is 0 Å². The molecular weight excluding hydrogens is 366 g/mol. The van der Waals surface area contributed by atoms with Gasteiger partial charge in [-0.25, -0.2) is 9.78 Å². The van der Waals surface area contributed by atoms with Crippen LogP contribution in [0.1, 0.15) is 74.3 Å². The van der Waals surface area contributed by atoms with E-state index in [2.05, 4.69) is 9.88 Å². The van der Waals surface area contributed by atoms with Gasteiger partial charge in [0.05, 0.1) is 11.0 Å². The quantitative estimate of drug-likeness (QED) is 0.862. The molecule has 4 fully saturated rings. The molecule has 29 heavy (non-hydrogen) atoms. The molecule has 1 N–H and O–H groups in total. The molecule has 0 radical (unpaired) electrons. The van der Waals surface area contributed by atoms with Gasteiger partial charge in [0, 0.05) is 23.7 Å². The number of carbonyl (C=O) groups is 1. The second kappa shape index (κ2) is 6.14. The van der Waals surface area contributed by atoms with Crippen molar-refractivity contribution in [3.63, 3.8) is 0 Å². The average Bonchev–Trinajstić information content (AvgIpc) is 3.39. The van der Waals surface area contributed by atoms with Crippen molar-refractivity contribution in [1.82, 2.24) is 14.5 Å². The molecule has 2 aromatic rings. The van der Waals surface area contributed by atoms with Gasteiger partial charge in [0.15, 0.2) is 0 Å². The van der Waals surface area contributed by atoms with Crippen molar-refractivity contribution < 1.29 is 9.90 Å². The third-order valence-electron chi connectivity index (χ3n) is 8.32. The Labute approximate surface area is 169 Å². The molecular formula is C23H27N3O3. The number of rotatable bonds is 3. The molecule has 152 valence electrons. The highest BCUT2D eigenvalue weighted by Gasteiger charge is 2.56. The zero-order valence-electron chi connectivity index (χ0n) is 16.6. The first-order chi connectivity index (χ1) is 14.1. The van der Waals surface area contributed by atoms with Crippen LogP contribution in [0.15, 0.2) is 29.1 Å². The Morgan fingerprint density at radius 3 is 2.34 bits per heavy atom. The topological polar surface area (TPSA) is 75.4 Å². The number of fused-ring (bicyclic) bond motifs is 6. The van der Waals surface area contributed by atoms with Gasteiger partial charge in [-0.3, -0.25) is 9.69 Å². The van der Waals surface area contributed by atoms with Gasteiger partial charge in [-0.1, -0.05) is 12.1 Å². The Balaban J connectivity index is 1.41. The van der Waals surface area contributed by atoms with Gasteiger partial charge in [-0.15, -0.1) is 0 Å². The monoisotopic (exact) mass is 393 g/mol. The summed E-state index contributed by atoms with van der Waals surface area (Å²) in [5, 5.41) is 9.54. The van der Waals surface area contributed by atoms with E-state index in [0.717, 1.165) is 24.3 Å². The predicted octanol–water partition coefficient (Wildman–Crippen LogP) is 3.60. The third kappa shape index (κ3) is 2.48. The van der Waals surface area contributed by atoms with Crippen molar-refractivity contribution in [3.05, 3.63) is 40.3 Å². The van der Waals surface area contributed by atoms with Crippen molar-refractivity contribution in [3.8, 4) is 0 Å². The lowest BCUT2D eigenvalue weighted by molar-refractivity contribution is -0.000427. The fraction of sp³-hybridized carbons (Fsp3) is 0.609. The number of carboxylic acid groups (broad SMARTS) is 1. The van der Waals surface area contributed by atoms with Crippen molar-refractivity contribution in [1.29, 1.82) is 0 Å². The Kier molecular flexibility index (Phi) is 3.74. The lowest BCUT2D eigenvalue weighted by Crippen LogP contribution is -2.56. The highest BCUT2D eigenvalue weighted by molar-refractivity contribution is 5.88. The summed E-state index contributed by atoms with van der Waals surface area (Å²) >= 11 is 0. The van der Waals surface area contributed by atoms with Crippen molar-refractivity contribution in [2.75, 3.05) is 0 Å². The van der Waals surface area contributed by atoms with Crippen LogP contribution in [0.2, 0.25) is 0 Å². The summed E-state index contributed by atoms with van der Waals surface area (Å²) in [6, 6.07) is 8.54. The normalized spacial score (nSPS) is 36.1. The number of para-hydroxylation sites is 2. The molecule has 1 aromatic heterocycles. The summed E-state index contributed by atoms with van der Waals surface area (Å²) in [6.07, 6.45) is 11.1. The van der Waals surface area contributed by atoms with Crippen molar-refractivity contribution in [2.24, 2.45) is 5.92 Å². The summed E-state index contributed by atoms with van der Waals surface area (Å²) in [4.78, 5) is 31.8. The van der Waals surface area contributed by atoms with Gasteiger partial charge in [-0.2, -0.15) is 0 Å². The molecule has 6 heteroatoms. The number of hydrogen-bond donors (Lipinski definition) is 1. The van der Waals surface area contributed by atoms with Gasteiger partial charge >= 0.3 is 5.97 Å². The van der Waals surface area contributed by atoms with E-state index < -0.39 is 11.5 Å². The molecule has 2 aliphatic heterocycles. The number of piperidine rings is 1. The number of carboxylic acids is 1. The number of aromatic carboxylic acids is 1. The predicted molar refractivity (Wildman–Crippen MR) is 109 cm³/mol. The highest BCUT2D eigenvalue weighted by atomic mass is 16.4. The Bertz CT molecular complexity index is 1040. The van der Waals surface area contributed by atoms with Crippen LogP contribution in [0.5, 0.6) is 0 Å². The molecule has 6 nitrogen and oxygen atoms in total. The second-order valence-electron chi connectivity index (χ2n) is 9.72. The van der Waals surface area contributed by atoms with Crippen LogP contribution in [0.25, 0.3) is 11.0 Å². The largest absolute Gasteiger partial charge is 0.476 e. The average molecular weight is 393 g/mol. The molecule has 3 heterocycles. The van der Waals surface area contributed by atoms with Crippen LogP contribution in [0.4, 0.5) is 0 Å². The maximum atomic E-state index is 13.1. The highest BCUT2D eigenvalue weighted by Crippen LogP contribution is 2.57. The molecule has 4 bridgehead atoms. The van der Waals surface area contributed by atoms with E-state index in [4.69, 9.17) is 0 Å². The Morgan fingerprint density at radius 1 is 1.03 bits per heavy atom. The molecule has 0 spiro atoms. The lowest BCUT2D eigenvalue weighted by Gasteiger charge is -2.49. The van der Waals surface area contributed by atoms with Gasteiger partial charge < -0.3 is 9.67 Å². The van der Waals surface area contributed by atoms with E-state index in [1.165, 1.54) is 44.9 Å². The molecule has 6 rings (SSSR count). The van der Waals surface area contributed by atoms with Crippen LogP contribution >= 0.6 is 0 Å². The van der Waals surface area contributed by atoms with Gasteiger partial charge in [0.25, 0.3) is 5.56 Å². The number of hydrogen-bond acceptors (Lipinski definition) is 4. The van der Waals surface area contributed by atoms with E-state index in [0.29, 0.717) is 23.1 Å². The summed E-state index contributed by atoms with van der Waals surface area (Å²) in [5.74, 6) is -0.311. The maximum absolute atomic E-state index is 13.1. The second-order valence-corrected chi connectivity index (χ2v) is 9.72. The van der Waals surface area contributed by atoms with Crippen LogP contribution in [-0.2, 0) is 0 Å². The smallest absolute Gasteiger partial charge is 0.360 e. The zero-order chi connectivity index (χ0) is 19.8. The van der Waals surface area contributed by atoms with Crippen molar-refractivity contribution in [2.45, 2.75) is 81.5 Å². The molecule has 1 aromatic carbocycles. The van der Waals surface area contributed by atoms with Gasteiger partial charge in [0.2, 0.25) is 5.69 Å². The standard InChI is InChI=1S/C23H27N3O3/c27-21-20(22(28)29)24-18-3-1-2-4-19(18)25(21)17-11-15-5-6-16(12-17)26(15)23-9-7-14(13-23)8-10-23/h1-4,14-17H,5-13H2,(H,28,29)/t14?,15-,16+,17?,23?.